The molecular weight excluding hydrogens is 294 g/mol. The molecule has 1 saturated heterocycles. The Bertz CT molecular complexity index is 764. The van der Waals surface area contributed by atoms with Crippen molar-refractivity contribution >= 4 is 5.91 Å². The lowest BCUT2D eigenvalue weighted by Gasteiger charge is -2.38. The number of amides is 1. The fraction of sp³-hybridized carbons (Fsp3) is 0.235. The van der Waals surface area contributed by atoms with Crippen LogP contribution in [0.4, 0.5) is 0 Å². The minimum Gasteiger partial charge on any atom is -0.496 e. The Morgan fingerprint density at radius 1 is 1.30 bits per heavy atom. The first-order valence-electron chi connectivity index (χ1n) is 7.17. The van der Waals surface area contributed by atoms with Gasteiger partial charge in [-0.25, -0.2) is 4.98 Å². The number of aromatic nitrogens is 1. The first-order chi connectivity index (χ1) is 11.2. The number of nitrogens with zero attached hydrogens (tertiary/aromatic N) is 3. The van der Waals surface area contributed by atoms with Crippen molar-refractivity contribution in [2.45, 2.75) is 6.10 Å². The Kier molecular flexibility index (Phi) is 4.11. The van der Waals surface area contributed by atoms with Crippen LogP contribution in [0.15, 0.2) is 42.6 Å². The lowest BCUT2D eigenvalue weighted by molar-refractivity contribution is 0.0157. The predicted molar refractivity (Wildman–Crippen MR) is 82.3 cm³/mol. The number of carbonyl (C=O) groups excluding carboxylic acids is 1. The third kappa shape index (κ3) is 2.94. The molecule has 0 unspecified atom stereocenters. The molecule has 1 aromatic heterocycles. The SMILES string of the molecule is COc1ccccc1C(=O)N1CC(Oc2ncccc2C#N)C1. The normalized spacial score (nSPS) is 13.8. The first kappa shape index (κ1) is 14.9. The zero-order chi connectivity index (χ0) is 16.2. The monoisotopic (exact) mass is 309 g/mol. The second-order valence-corrected chi connectivity index (χ2v) is 5.12. The fourth-order valence-corrected chi connectivity index (χ4v) is 2.40. The van der Waals surface area contributed by atoms with Crippen LogP contribution in [0, 0.1) is 11.3 Å². The van der Waals surface area contributed by atoms with Crippen molar-refractivity contribution < 1.29 is 14.3 Å². The van der Waals surface area contributed by atoms with Crippen LogP contribution >= 0.6 is 0 Å². The van der Waals surface area contributed by atoms with Crippen molar-refractivity contribution in [3.8, 4) is 17.7 Å². The number of pyridine rings is 1. The Hall–Kier alpha value is -3.07. The zero-order valence-electron chi connectivity index (χ0n) is 12.6. The molecule has 0 spiro atoms. The van der Waals surface area contributed by atoms with E-state index in [0.717, 1.165) is 0 Å². The minimum atomic E-state index is -0.157. The maximum atomic E-state index is 12.5. The van der Waals surface area contributed by atoms with Crippen LogP contribution in [0.3, 0.4) is 0 Å². The van der Waals surface area contributed by atoms with E-state index in [1.54, 1.807) is 48.5 Å². The highest BCUT2D eigenvalue weighted by atomic mass is 16.5. The van der Waals surface area contributed by atoms with Crippen molar-refractivity contribution in [2.75, 3.05) is 20.2 Å². The standard InChI is InChI=1S/C17H15N3O3/c1-22-15-7-3-2-6-14(15)17(21)20-10-13(11-20)23-16-12(9-18)5-4-8-19-16/h2-8,13H,10-11H2,1H3. The van der Waals surface area contributed by atoms with Crippen LogP contribution in [0.1, 0.15) is 15.9 Å². The number of para-hydroxylation sites is 1. The van der Waals surface area contributed by atoms with Gasteiger partial charge in [0, 0.05) is 6.20 Å². The van der Waals surface area contributed by atoms with E-state index in [2.05, 4.69) is 4.98 Å². The summed E-state index contributed by atoms with van der Waals surface area (Å²) in [4.78, 5) is 18.2. The van der Waals surface area contributed by atoms with Gasteiger partial charge in [0.25, 0.3) is 5.91 Å². The van der Waals surface area contributed by atoms with E-state index in [9.17, 15) is 4.79 Å². The van der Waals surface area contributed by atoms with Gasteiger partial charge in [-0.15, -0.1) is 0 Å². The van der Waals surface area contributed by atoms with Crippen LogP contribution in [-0.2, 0) is 0 Å². The van der Waals surface area contributed by atoms with Crippen molar-refractivity contribution in [1.29, 1.82) is 5.26 Å². The number of benzene rings is 1. The quantitative estimate of drug-likeness (QED) is 0.861. The summed E-state index contributed by atoms with van der Waals surface area (Å²) < 4.78 is 10.9. The molecule has 0 radical (unpaired) electrons. The number of methoxy groups -OCH3 is 1. The lowest BCUT2D eigenvalue weighted by Crippen LogP contribution is -2.56. The number of carbonyl (C=O) groups is 1. The molecule has 2 aromatic rings. The van der Waals surface area contributed by atoms with Gasteiger partial charge in [0.2, 0.25) is 5.88 Å². The molecule has 1 amide bonds. The van der Waals surface area contributed by atoms with E-state index >= 15 is 0 Å². The minimum absolute atomic E-state index is 0.0937. The van der Waals surface area contributed by atoms with Crippen LogP contribution in [0.2, 0.25) is 0 Å². The Labute approximate surface area is 133 Å². The van der Waals surface area contributed by atoms with E-state index in [1.165, 1.54) is 0 Å². The van der Waals surface area contributed by atoms with Gasteiger partial charge < -0.3 is 14.4 Å². The number of hydrogen-bond acceptors (Lipinski definition) is 5. The molecule has 6 heteroatoms. The van der Waals surface area contributed by atoms with Crippen LogP contribution in [0.25, 0.3) is 0 Å². The molecule has 0 N–H and O–H groups in total. The van der Waals surface area contributed by atoms with E-state index in [1.807, 2.05) is 12.1 Å². The van der Waals surface area contributed by atoms with E-state index in [0.29, 0.717) is 35.8 Å². The molecule has 0 aliphatic carbocycles. The summed E-state index contributed by atoms with van der Waals surface area (Å²) in [7, 11) is 1.54. The summed E-state index contributed by atoms with van der Waals surface area (Å²) in [6.07, 6.45) is 1.42. The Balaban J connectivity index is 1.63. The van der Waals surface area contributed by atoms with Crippen LogP contribution in [0.5, 0.6) is 11.6 Å². The summed E-state index contributed by atoms with van der Waals surface area (Å²) in [6.45, 7) is 0.913. The molecule has 2 heterocycles. The molecule has 23 heavy (non-hydrogen) atoms. The van der Waals surface area contributed by atoms with Crippen molar-refractivity contribution in [2.24, 2.45) is 0 Å². The number of hydrogen-bond donors (Lipinski definition) is 0. The number of likely N-dealkylation sites (tertiary alicyclic amines) is 1. The second kappa shape index (κ2) is 6.36. The molecule has 0 bridgehead atoms. The van der Waals surface area contributed by atoms with Gasteiger partial charge in [-0.05, 0) is 24.3 Å². The molecular formula is C17H15N3O3. The lowest BCUT2D eigenvalue weighted by atomic mass is 10.1. The molecule has 1 aliphatic rings. The maximum absolute atomic E-state index is 12.5. The summed E-state index contributed by atoms with van der Waals surface area (Å²) >= 11 is 0. The maximum Gasteiger partial charge on any atom is 0.257 e. The topological polar surface area (TPSA) is 75.4 Å². The average molecular weight is 309 g/mol. The van der Waals surface area contributed by atoms with Crippen molar-refractivity contribution in [1.82, 2.24) is 9.88 Å². The molecule has 0 atom stereocenters. The highest BCUT2D eigenvalue weighted by Gasteiger charge is 2.34. The van der Waals surface area contributed by atoms with Gasteiger partial charge in [-0.3, -0.25) is 4.79 Å². The third-order valence-electron chi connectivity index (χ3n) is 3.64. The van der Waals surface area contributed by atoms with Gasteiger partial charge in [0.1, 0.15) is 23.5 Å². The highest BCUT2D eigenvalue weighted by molar-refractivity contribution is 5.97. The fourth-order valence-electron chi connectivity index (χ4n) is 2.40. The van der Waals surface area contributed by atoms with Gasteiger partial charge in [0.15, 0.2) is 0 Å². The highest BCUT2D eigenvalue weighted by Crippen LogP contribution is 2.24. The number of nitriles is 1. The summed E-state index contributed by atoms with van der Waals surface area (Å²) in [5, 5.41) is 9.02. The number of rotatable bonds is 4. The van der Waals surface area contributed by atoms with Gasteiger partial charge >= 0.3 is 0 Å². The largest absolute Gasteiger partial charge is 0.496 e. The van der Waals surface area contributed by atoms with Crippen molar-refractivity contribution in [3.05, 3.63) is 53.7 Å². The molecule has 116 valence electrons. The zero-order valence-corrected chi connectivity index (χ0v) is 12.6. The Morgan fingerprint density at radius 3 is 2.83 bits per heavy atom. The van der Waals surface area contributed by atoms with E-state index < -0.39 is 0 Å². The van der Waals surface area contributed by atoms with E-state index in [4.69, 9.17) is 14.7 Å². The molecule has 3 rings (SSSR count). The average Bonchev–Trinajstić information content (AvgIpc) is 2.57. The van der Waals surface area contributed by atoms with Crippen LogP contribution in [-0.4, -0.2) is 42.1 Å². The molecule has 1 aliphatic heterocycles. The molecule has 0 saturated carbocycles. The molecule has 1 aromatic carbocycles. The molecule has 1 fully saturated rings. The van der Waals surface area contributed by atoms with Gasteiger partial charge in [-0.2, -0.15) is 5.26 Å². The van der Waals surface area contributed by atoms with Gasteiger partial charge in [0.05, 0.1) is 25.8 Å². The second-order valence-electron chi connectivity index (χ2n) is 5.12. The summed E-state index contributed by atoms with van der Waals surface area (Å²) in [5.74, 6) is 0.770. The van der Waals surface area contributed by atoms with E-state index in [-0.39, 0.29) is 12.0 Å². The summed E-state index contributed by atoms with van der Waals surface area (Å²) in [5.41, 5.74) is 0.922. The Morgan fingerprint density at radius 2 is 2.09 bits per heavy atom. The third-order valence-corrected chi connectivity index (χ3v) is 3.64. The smallest absolute Gasteiger partial charge is 0.257 e. The van der Waals surface area contributed by atoms with Crippen LogP contribution < -0.4 is 9.47 Å². The first-order valence-corrected chi connectivity index (χ1v) is 7.17. The van der Waals surface area contributed by atoms with Gasteiger partial charge in [-0.1, -0.05) is 12.1 Å². The predicted octanol–water partition coefficient (Wildman–Crippen LogP) is 1.87. The number of ether oxygens (including phenoxy) is 2. The van der Waals surface area contributed by atoms with Crippen molar-refractivity contribution in [3.63, 3.8) is 0 Å². The molecule has 6 nitrogen and oxygen atoms in total. The summed E-state index contributed by atoms with van der Waals surface area (Å²) in [6, 6.07) is 12.5.